The maximum absolute atomic E-state index is 12.8. The number of allylic oxidation sites excluding steroid dienone is 2. The molecule has 0 saturated carbocycles. The van der Waals surface area contributed by atoms with Crippen LogP contribution in [0.25, 0.3) is 0 Å². The number of halogens is 2. The molecule has 1 saturated heterocycles. The Morgan fingerprint density at radius 2 is 1.46 bits per heavy atom. The van der Waals surface area contributed by atoms with E-state index in [-0.39, 0.29) is 11.5 Å². The van der Waals surface area contributed by atoms with Crippen molar-refractivity contribution in [3.63, 3.8) is 0 Å². The summed E-state index contributed by atoms with van der Waals surface area (Å²) in [7, 11) is 0. The molecular formula is C20H14Cl2N2O2. The Morgan fingerprint density at radius 1 is 0.923 bits per heavy atom. The molecule has 0 aliphatic carbocycles. The third-order valence-corrected chi connectivity index (χ3v) is 4.70. The van der Waals surface area contributed by atoms with Gasteiger partial charge < -0.3 is 4.90 Å². The molecule has 1 fully saturated rings. The predicted molar refractivity (Wildman–Crippen MR) is 100 cm³/mol. The minimum absolute atomic E-state index is 0.00728. The molecule has 1 heterocycles. The first-order chi connectivity index (χ1) is 12.5. The van der Waals surface area contributed by atoms with Crippen LogP contribution >= 0.6 is 23.2 Å². The summed E-state index contributed by atoms with van der Waals surface area (Å²) in [6.07, 6.45) is 1.20. The van der Waals surface area contributed by atoms with Crippen LogP contribution in [0.4, 0.5) is 0 Å². The summed E-state index contributed by atoms with van der Waals surface area (Å²) in [4.78, 5) is 27.1. The predicted octanol–water partition coefficient (Wildman–Crippen LogP) is 4.89. The van der Waals surface area contributed by atoms with Crippen molar-refractivity contribution in [2.45, 2.75) is 12.8 Å². The molecule has 26 heavy (non-hydrogen) atoms. The number of carbonyl (C=O) groups excluding carboxylic acids is 2. The highest BCUT2D eigenvalue weighted by Crippen LogP contribution is 2.28. The molecule has 6 heteroatoms. The average molecular weight is 385 g/mol. The zero-order chi connectivity index (χ0) is 18.7. The standard InChI is InChI=1S/C20H14Cl2N2O2/c21-15-7-3-13(4-8-15)19(25)17(12-23)18-2-1-11-24(18)20(26)14-5-9-16(22)10-6-14/h3-10H,1-2,11H2/b18-17-. The van der Waals surface area contributed by atoms with Crippen molar-refractivity contribution in [3.8, 4) is 6.07 Å². The number of rotatable bonds is 3. The van der Waals surface area contributed by atoms with Gasteiger partial charge in [-0.25, -0.2) is 0 Å². The van der Waals surface area contributed by atoms with E-state index in [2.05, 4.69) is 0 Å². The quantitative estimate of drug-likeness (QED) is 0.429. The van der Waals surface area contributed by atoms with Gasteiger partial charge in [-0.2, -0.15) is 5.26 Å². The van der Waals surface area contributed by atoms with E-state index < -0.39 is 5.78 Å². The van der Waals surface area contributed by atoms with Crippen LogP contribution in [0.3, 0.4) is 0 Å². The number of nitriles is 1. The summed E-state index contributed by atoms with van der Waals surface area (Å²) < 4.78 is 0. The fourth-order valence-corrected chi connectivity index (χ4v) is 3.15. The summed E-state index contributed by atoms with van der Waals surface area (Å²) >= 11 is 11.7. The lowest BCUT2D eigenvalue weighted by molar-refractivity contribution is 0.0824. The molecule has 3 rings (SSSR count). The number of nitrogens with zero attached hydrogens (tertiary/aromatic N) is 2. The van der Waals surface area contributed by atoms with Gasteiger partial charge in [-0.3, -0.25) is 9.59 Å². The van der Waals surface area contributed by atoms with Crippen LogP contribution in [-0.4, -0.2) is 23.1 Å². The molecule has 0 radical (unpaired) electrons. The van der Waals surface area contributed by atoms with Crippen molar-refractivity contribution in [1.82, 2.24) is 4.90 Å². The zero-order valence-electron chi connectivity index (χ0n) is 13.7. The van der Waals surface area contributed by atoms with Crippen molar-refractivity contribution in [1.29, 1.82) is 5.26 Å². The van der Waals surface area contributed by atoms with Gasteiger partial charge in [0.25, 0.3) is 5.91 Å². The number of Topliss-reactive ketones (excluding diaryl/α,β-unsaturated/α-hetero) is 1. The highest BCUT2D eigenvalue weighted by atomic mass is 35.5. The molecule has 0 atom stereocenters. The second-order valence-electron chi connectivity index (χ2n) is 5.84. The van der Waals surface area contributed by atoms with E-state index in [0.29, 0.717) is 46.3 Å². The maximum Gasteiger partial charge on any atom is 0.258 e. The summed E-state index contributed by atoms with van der Waals surface area (Å²) in [6.45, 7) is 0.468. The second-order valence-corrected chi connectivity index (χ2v) is 6.71. The minimum atomic E-state index is -0.407. The van der Waals surface area contributed by atoms with Gasteiger partial charge in [-0.05, 0) is 61.4 Å². The molecule has 0 unspecified atom stereocenters. The highest BCUT2D eigenvalue weighted by molar-refractivity contribution is 6.31. The van der Waals surface area contributed by atoms with E-state index in [0.717, 1.165) is 0 Å². The molecule has 0 aromatic heterocycles. The van der Waals surface area contributed by atoms with Crippen molar-refractivity contribution >= 4 is 34.9 Å². The number of ketones is 1. The molecule has 1 amide bonds. The Morgan fingerprint density at radius 3 is 2.00 bits per heavy atom. The number of carbonyl (C=O) groups is 2. The van der Waals surface area contributed by atoms with Crippen LogP contribution < -0.4 is 0 Å². The van der Waals surface area contributed by atoms with Gasteiger partial charge in [0, 0.05) is 33.4 Å². The Balaban J connectivity index is 1.96. The second kappa shape index (κ2) is 7.74. The Hall–Kier alpha value is -2.61. The maximum atomic E-state index is 12.8. The van der Waals surface area contributed by atoms with Gasteiger partial charge >= 0.3 is 0 Å². The SMILES string of the molecule is N#C/C(C(=O)c1ccc(Cl)cc1)=C1\CCCN1C(=O)c1ccc(Cl)cc1. The third-order valence-electron chi connectivity index (χ3n) is 4.19. The summed E-state index contributed by atoms with van der Waals surface area (Å²) in [5, 5.41) is 10.6. The normalized spacial score (nSPS) is 15.5. The molecule has 2 aromatic rings. The van der Waals surface area contributed by atoms with Gasteiger partial charge in [-0.1, -0.05) is 23.2 Å². The number of hydrogen-bond donors (Lipinski definition) is 0. The fourth-order valence-electron chi connectivity index (χ4n) is 2.90. The van der Waals surface area contributed by atoms with E-state index >= 15 is 0 Å². The lowest BCUT2D eigenvalue weighted by atomic mass is 10.0. The zero-order valence-corrected chi connectivity index (χ0v) is 15.2. The van der Waals surface area contributed by atoms with Gasteiger partial charge in [-0.15, -0.1) is 0 Å². The van der Waals surface area contributed by atoms with Crippen molar-refractivity contribution in [2.24, 2.45) is 0 Å². The first kappa shape index (κ1) is 18.2. The van der Waals surface area contributed by atoms with Crippen LogP contribution in [0.1, 0.15) is 33.6 Å². The lowest BCUT2D eigenvalue weighted by Gasteiger charge is -2.19. The monoisotopic (exact) mass is 384 g/mol. The first-order valence-corrected chi connectivity index (χ1v) is 8.78. The van der Waals surface area contributed by atoms with Gasteiger partial charge in [0.05, 0.1) is 0 Å². The topological polar surface area (TPSA) is 61.2 Å². The van der Waals surface area contributed by atoms with Crippen LogP contribution in [0, 0.1) is 11.3 Å². The number of benzene rings is 2. The Kier molecular flexibility index (Phi) is 5.41. The first-order valence-electron chi connectivity index (χ1n) is 8.02. The molecular weight excluding hydrogens is 371 g/mol. The van der Waals surface area contributed by atoms with Crippen molar-refractivity contribution in [3.05, 3.63) is 81.0 Å². The number of likely N-dealkylation sites (tertiary alicyclic amines) is 1. The highest BCUT2D eigenvalue weighted by Gasteiger charge is 2.30. The van der Waals surface area contributed by atoms with Crippen LogP contribution in [0.2, 0.25) is 10.0 Å². The molecule has 2 aromatic carbocycles. The Bertz CT molecular complexity index is 926. The summed E-state index contributed by atoms with van der Waals surface area (Å²) in [5.41, 5.74) is 1.29. The van der Waals surface area contributed by atoms with Crippen molar-refractivity contribution in [2.75, 3.05) is 6.54 Å². The number of amides is 1. The van der Waals surface area contributed by atoms with Gasteiger partial charge in [0.15, 0.2) is 0 Å². The third kappa shape index (κ3) is 3.65. The largest absolute Gasteiger partial charge is 0.311 e. The van der Waals surface area contributed by atoms with Crippen molar-refractivity contribution < 1.29 is 9.59 Å². The smallest absolute Gasteiger partial charge is 0.258 e. The molecule has 0 bridgehead atoms. The van der Waals surface area contributed by atoms with E-state index in [1.165, 1.54) is 4.90 Å². The van der Waals surface area contributed by atoms with Gasteiger partial charge in [0.2, 0.25) is 5.78 Å². The molecule has 1 aliphatic rings. The molecule has 130 valence electrons. The average Bonchev–Trinajstić information content (AvgIpc) is 3.12. The lowest BCUT2D eigenvalue weighted by Crippen LogP contribution is -2.28. The summed E-state index contributed by atoms with van der Waals surface area (Å²) in [5.74, 6) is -0.652. The van der Waals surface area contributed by atoms with Crippen LogP contribution in [-0.2, 0) is 0 Å². The van der Waals surface area contributed by atoms with Gasteiger partial charge in [0.1, 0.15) is 11.6 Å². The number of hydrogen-bond acceptors (Lipinski definition) is 3. The molecule has 0 spiro atoms. The van der Waals surface area contributed by atoms with E-state index in [1.807, 2.05) is 6.07 Å². The molecule has 1 aliphatic heterocycles. The molecule has 4 nitrogen and oxygen atoms in total. The van der Waals surface area contributed by atoms with E-state index in [4.69, 9.17) is 23.2 Å². The fraction of sp³-hybridized carbons (Fsp3) is 0.150. The molecule has 0 N–H and O–H groups in total. The van der Waals surface area contributed by atoms with E-state index in [1.54, 1.807) is 48.5 Å². The summed E-state index contributed by atoms with van der Waals surface area (Å²) in [6, 6.07) is 14.9. The minimum Gasteiger partial charge on any atom is -0.311 e. The van der Waals surface area contributed by atoms with Crippen LogP contribution in [0.15, 0.2) is 59.8 Å². The van der Waals surface area contributed by atoms with E-state index in [9.17, 15) is 14.9 Å². The van der Waals surface area contributed by atoms with Crippen LogP contribution in [0.5, 0.6) is 0 Å². The Labute approximate surface area is 161 Å².